The minimum Gasteiger partial charge on any atom is -0.283 e. The van der Waals surface area contributed by atoms with E-state index in [0.717, 1.165) is 10.6 Å². The van der Waals surface area contributed by atoms with Gasteiger partial charge in [0.1, 0.15) is 5.92 Å². The molecule has 2 aliphatic heterocycles. The summed E-state index contributed by atoms with van der Waals surface area (Å²) in [6.45, 7) is 0. The molecule has 0 aromatic heterocycles. The zero-order valence-electron chi connectivity index (χ0n) is 13.2. The van der Waals surface area contributed by atoms with Crippen molar-refractivity contribution in [3.8, 4) is 0 Å². The third-order valence-electron chi connectivity index (χ3n) is 4.63. The smallest absolute Gasteiger partial charge is 0.261 e. The lowest BCUT2D eigenvalue weighted by atomic mass is 9.90. The molecule has 2 amide bonds. The number of anilines is 1. The normalized spacial score (nSPS) is 25.6. The van der Waals surface area contributed by atoms with E-state index < -0.39 is 18.1 Å². The fraction of sp³-hybridized carbons (Fsp3) is 0.222. The molecule has 7 heteroatoms. The fourth-order valence-electron chi connectivity index (χ4n) is 3.41. The van der Waals surface area contributed by atoms with Gasteiger partial charge >= 0.3 is 0 Å². The molecule has 0 radical (unpaired) electrons. The minimum atomic E-state index is -0.852. The highest BCUT2D eigenvalue weighted by Crippen LogP contribution is 2.48. The summed E-state index contributed by atoms with van der Waals surface area (Å²) in [6, 6.07) is 13.9. The van der Waals surface area contributed by atoms with Gasteiger partial charge in [0.2, 0.25) is 5.91 Å². The molecule has 2 aromatic carbocycles. The van der Waals surface area contributed by atoms with E-state index in [4.69, 9.17) is 28.0 Å². The molecule has 2 aromatic rings. The molecule has 0 N–H and O–H groups in total. The third-order valence-corrected chi connectivity index (χ3v) is 5.19. The van der Waals surface area contributed by atoms with Gasteiger partial charge in [-0.15, -0.1) is 0 Å². The van der Waals surface area contributed by atoms with Gasteiger partial charge in [0.25, 0.3) is 5.91 Å². The average molecular weight is 377 g/mol. The monoisotopic (exact) mass is 376 g/mol. The zero-order chi connectivity index (χ0) is 17.7. The molecular weight excluding hydrogens is 363 g/mol. The number of hydroxylamine groups is 1. The Balaban J connectivity index is 1.85. The number of likely N-dealkylation sites (tertiary alicyclic amines) is 1. The molecule has 25 heavy (non-hydrogen) atoms. The van der Waals surface area contributed by atoms with Crippen molar-refractivity contribution in [3.05, 3.63) is 64.1 Å². The van der Waals surface area contributed by atoms with E-state index in [9.17, 15) is 9.59 Å². The van der Waals surface area contributed by atoms with Gasteiger partial charge in [0.05, 0.1) is 11.7 Å². The van der Waals surface area contributed by atoms with E-state index in [-0.39, 0.29) is 11.8 Å². The zero-order valence-corrected chi connectivity index (χ0v) is 14.7. The van der Waals surface area contributed by atoms with Crippen LogP contribution in [0.5, 0.6) is 0 Å². The van der Waals surface area contributed by atoms with Crippen molar-refractivity contribution in [2.24, 2.45) is 5.92 Å². The maximum absolute atomic E-state index is 12.7. The van der Waals surface area contributed by atoms with Crippen LogP contribution in [0, 0.1) is 5.92 Å². The molecule has 0 aliphatic carbocycles. The number of nitrogens with zero attached hydrogens (tertiary/aromatic N) is 2. The van der Waals surface area contributed by atoms with Crippen LogP contribution in [0.3, 0.4) is 0 Å². The molecule has 0 bridgehead atoms. The Morgan fingerprint density at radius 2 is 1.72 bits per heavy atom. The maximum atomic E-state index is 12.7. The van der Waals surface area contributed by atoms with E-state index in [0.29, 0.717) is 15.6 Å². The van der Waals surface area contributed by atoms with E-state index in [2.05, 4.69) is 0 Å². The quantitative estimate of drug-likeness (QED) is 0.753. The van der Waals surface area contributed by atoms with Crippen molar-refractivity contribution in [1.82, 2.24) is 4.90 Å². The van der Waals surface area contributed by atoms with Crippen LogP contribution in [-0.4, -0.2) is 29.9 Å². The number of carbonyl (C=O) groups is 2. The van der Waals surface area contributed by atoms with Crippen molar-refractivity contribution in [2.45, 2.75) is 12.1 Å². The molecule has 2 saturated heterocycles. The molecule has 2 aliphatic rings. The summed E-state index contributed by atoms with van der Waals surface area (Å²) in [4.78, 5) is 32.1. The SMILES string of the molecule is CN1C(=O)C2ON(c3ccccc3)C(c3ccc(Cl)cc3Cl)C2C1=O. The standard InChI is InChI=1S/C18H14Cl2N2O3/c1-21-17(23)14-15(12-8-7-10(19)9-13(12)20)22(25-16(14)18(21)24)11-5-3-2-4-6-11/h2-9,14-16H,1H3. The molecule has 4 rings (SSSR count). The lowest BCUT2D eigenvalue weighted by molar-refractivity contribution is -0.141. The number of imide groups is 1. The van der Waals surface area contributed by atoms with Crippen molar-refractivity contribution < 1.29 is 14.4 Å². The first kappa shape index (κ1) is 16.4. The number of amides is 2. The van der Waals surface area contributed by atoms with Crippen molar-refractivity contribution in [3.63, 3.8) is 0 Å². The summed E-state index contributed by atoms with van der Waals surface area (Å²) < 4.78 is 0. The molecule has 3 atom stereocenters. The Labute approximate surface area is 154 Å². The topological polar surface area (TPSA) is 49.9 Å². The molecule has 128 valence electrons. The molecule has 0 spiro atoms. The molecule has 0 saturated carbocycles. The minimum absolute atomic E-state index is 0.274. The molecular formula is C18H14Cl2N2O3. The number of fused-ring (bicyclic) bond motifs is 1. The number of likely N-dealkylation sites (N-methyl/N-ethyl adjacent to an activating group) is 1. The van der Waals surface area contributed by atoms with Crippen molar-refractivity contribution in [2.75, 3.05) is 12.1 Å². The van der Waals surface area contributed by atoms with E-state index in [1.54, 1.807) is 23.3 Å². The second kappa shape index (κ2) is 6.02. The number of para-hydroxylation sites is 1. The van der Waals surface area contributed by atoms with Gasteiger partial charge in [-0.3, -0.25) is 19.3 Å². The van der Waals surface area contributed by atoms with Crippen molar-refractivity contribution in [1.29, 1.82) is 0 Å². The van der Waals surface area contributed by atoms with Gasteiger partial charge in [-0.25, -0.2) is 5.06 Å². The number of halogens is 2. The predicted molar refractivity (Wildman–Crippen MR) is 94.3 cm³/mol. The van der Waals surface area contributed by atoms with Crippen LogP contribution >= 0.6 is 23.2 Å². The highest BCUT2D eigenvalue weighted by molar-refractivity contribution is 6.35. The van der Waals surface area contributed by atoms with Gasteiger partial charge in [0, 0.05) is 17.1 Å². The van der Waals surface area contributed by atoms with Crippen LogP contribution in [-0.2, 0) is 14.4 Å². The Bertz CT molecular complexity index is 859. The summed E-state index contributed by atoms with van der Waals surface area (Å²) in [6.07, 6.45) is -0.852. The van der Waals surface area contributed by atoms with Crippen LogP contribution in [0.25, 0.3) is 0 Å². The second-order valence-electron chi connectivity index (χ2n) is 6.06. The Morgan fingerprint density at radius 3 is 2.40 bits per heavy atom. The number of hydrogen-bond acceptors (Lipinski definition) is 4. The molecule has 2 heterocycles. The first-order valence-electron chi connectivity index (χ1n) is 7.76. The van der Waals surface area contributed by atoms with Gasteiger partial charge in [0.15, 0.2) is 6.10 Å². The number of hydrogen-bond donors (Lipinski definition) is 0. The predicted octanol–water partition coefficient (Wildman–Crippen LogP) is 3.47. The summed E-state index contributed by atoms with van der Waals surface area (Å²) in [5, 5.41) is 2.53. The van der Waals surface area contributed by atoms with Crippen LogP contribution in [0.4, 0.5) is 5.69 Å². The summed E-state index contributed by atoms with van der Waals surface area (Å²) in [5.74, 6) is -1.27. The second-order valence-corrected chi connectivity index (χ2v) is 6.90. The Kier molecular flexibility index (Phi) is 3.95. The summed E-state index contributed by atoms with van der Waals surface area (Å²) >= 11 is 12.4. The highest BCUT2D eigenvalue weighted by atomic mass is 35.5. The van der Waals surface area contributed by atoms with Gasteiger partial charge < -0.3 is 0 Å². The maximum Gasteiger partial charge on any atom is 0.261 e. The summed E-state index contributed by atoms with van der Waals surface area (Å²) in [5.41, 5.74) is 1.44. The van der Waals surface area contributed by atoms with Crippen LogP contribution in [0.2, 0.25) is 10.0 Å². The molecule has 3 unspecified atom stereocenters. The summed E-state index contributed by atoms with van der Waals surface area (Å²) in [7, 11) is 1.47. The Morgan fingerprint density at radius 1 is 1.00 bits per heavy atom. The Hall–Kier alpha value is -2.08. The number of benzene rings is 2. The lowest BCUT2D eigenvalue weighted by Crippen LogP contribution is -2.34. The van der Waals surface area contributed by atoms with Crippen LogP contribution in [0.1, 0.15) is 11.6 Å². The van der Waals surface area contributed by atoms with Crippen LogP contribution < -0.4 is 5.06 Å². The molecule has 2 fully saturated rings. The largest absolute Gasteiger partial charge is 0.283 e. The van der Waals surface area contributed by atoms with Crippen LogP contribution in [0.15, 0.2) is 48.5 Å². The van der Waals surface area contributed by atoms with Gasteiger partial charge in [-0.1, -0.05) is 47.5 Å². The van der Waals surface area contributed by atoms with Gasteiger partial charge in [-0.2, -0.15) is 0 Å². The lowest BCUT2D eigenvalue weighted by Gasteiger charge is -2.28. The number of rotatable bonds is 2. The third kappa shape index (κ3) is 2.51. The first-order valence-corrected chi connectivity index (χ1v) is 8.52. The first-order chi connectivity index (χ1) is 12.0. The highest BCUT2D eigenvalue weighted by Gasteiger charge is 2.59. The van der Waals surface area contributed by atoms with E-state index in [1.807, 2.05) is 30.3 Å². The molecule has 5 nitrogen and oxygen atoms in total. The van der Waals surface area contributed by atoms with E-state index >= 15 is 0 Å². The number of carbonyl (C=O) groups excluding carboxylic acids is 2. The van der Waals surface area contributed by atoms with Gasteiger partial charge in [-0.05, 0) is 29.8 Å². The fourth-order valence-corrected chi connectivity index (χ4v) is 3.93. The average Bonchev–Trinajstić information content (AvgIpc) is 3.09. The van der Waals surface area contributed by atoms with Crippen molar-refractivity contribution >= 4 is 40.7 Å². The van der Waals surface area contributed by atoms with E-state index in [1.165, 1.54) is 7.05 Å².